The first-order valence-electron chi connectivity index (χ1n) is 7.73. The number of hydrazine groups is 1. The molecule has 2 N–H and O–H groups in total. The van der Waals surface area contributed by atoms with Gasteiger partial charge in [0.05, 0.1) is 10.7 Å². The van der Waals surface area contributed by atoms with Crippen LogP contribution in [0.2, 0.25) is 0 Å². The molecule has 0 aliphatic rings. The van der Waals surface area contributed by atoms with Crippen LogP contribution in [0.4, 0.5) is 10.1 Å². The molecule has 146 valence electrons. The summed E-state index contributed by atoms with van der Waals surface area (Å²) in [7, 11) is 0. The number of hydrogen-bond donors (Lipinski definition) is 2. The molecule has 11 heteroatoms. The number of esters is 1. The van der Waals surface area contributed by atoms with E-state index in [1.807, 2.05) is 5.43 Å². The van der Waals surface area contributed by atoms with Gasteiger partial charge < -0.3 is 4.74 Å². The van der Waals surface area contributed by atoms with Crippen molar-refractivity contribution < 1.29 is 28.4 Å². The lowest BCUT2D eigenvalue weighted by molar-refractivity contribution is -0.384. The Morgan fingerprint density at radius 2 is 1.75 bits per heavy atom. The van der Waals surface area contributed by atoms with Crippen LogP contribution in [0.5, 0.6) is 0 Å². The van der Waals surface area contributed by atoms with Gasteiger partial charge in [0.2, 0.25) is 0 Å². The molecule has 0 fully saturated rings. The molecular weight excluding hydrogens is 393 g/mol. The number of benzene rings is 2. The van der Waals surface area contributed by atoms with Crippen LogP contribution in [-0.2, 0) is 14.3 Å². The Morgan fingerprint density at radius 1 is 1.07 bits per heavy atom. The van der Waals surface area contributed by atoms with Gasteiger partial charge in [-0.25, -0.2) is 4.39 Å². The minimum Gasteiger partial charge on any atom is -0.455 e. The quantitative estimate of drug-likeness (QED) is 0.310. The number of nitrogens with zero attached hydrogens (tertiary/aromatic N) is 1. The molecule has 0 spiro atoms. The molecule has 0 aliphatic heterocycles. The van der Waals surface area contributed by atoms with Crippen LogP contribution in [0.3, 0.4) is 0 Å². The third-order valence-corrected chi connectivity index (χ3v) is 4.22. The van der Waals surface area contributed by atoms with Crippen molar-refractivity contribution in [3.63, 3.8) is 0 Å². The highest BCUT2D eigenvalue weighted by Gasteiger charge is 2.12. The van der Waals surface area contributed by atoms with Crippen LogP contribution in [-0.4, -0.2) is 35.1 Å². The van der Waals surface area contributed by atoms with Crippen molar-refractivity contribution in [1.82, 2.24) is 10.9 Å². The SMILES string of the molecule is O=C(COC(=O)CSc1ccccc1F)NNC(=O)c1ccc([N+](=O)[O-])cc1. The van der Waals surface area contributed by atoms with Gasteiger partial charge in [0.25, 0.3) is 17.5 Å². The lowest BCUT2D eigenvalue weighted by atomic mass is 10.2. The van der Waals surface area contributed by atoms with Gasteiger partial charge in [-0.1, -0.05) is 12.1 Å². The molecular formula is C17H14FN3O6S. The van der Waals surface area contributed by atoms with E-state index in [4.69, 9.17) is 4.74 Å². The molecule has 9 nitrogen and oxygen atoms in total. The van der Waals surface area contributed by atoms with Crippen LogP contribution in [0.1, 0.15) is 10.4 Å². The first-order chi connectivity index (χ1) is 13.4. The monoisotopic (exact) mass is 407 g/mol. The molecule has 0 aliphatic carbocycles. The number of halogens is 1. The molecule has 2 aromatic rings. The number of ether oxygens (including phenoxy) is 1. The van der Waals surface area contributed by atoms with Crippen molar-refractivity contribution in [1.29, 1.82) is 0 Å². The lowest BCUT2D eigenvalue weighted by Crippen LogP contribution is -2.43. The topological polar surface area (TPSA) is 128 Å². The van der Waals surface area contributed by atoms with E-state index in [1.54, 1.807) is 6.07 Å². The van der Waals surface area contributed by atoms with Gasteiger partial charge in [-0.05, 0) is 24.3 Å². The van der Waals surface area contributed by atoms with Crippen LogP contribution in [0, 0.1) is 15.9 Å². The zero-order valence-corrected chi connectivity index (χ0v) is 15.0. The molecule has 28 heavy (non-hydrogen) atoms. The highest BCUT2D eigenvalue weighted by atomic mass is 32.2. The van der Waals surface area contributed by atoms with E-state index in [-0.39, 0.29) is 21.9 Å². The fourth-order valence-electron chi connectivity index (χ4n) is 1.86. The summed E-state index contributed by atoms with van der Waals surface area (Å²) in [6.45, 7) is -0.642. The summed E-state index contributed by atoms with van der Waals surface area (Å²) in [5, 5.41) is 10.6. The summed E-state index contributed by atoms with van der Waals surface area (Å²) >= 11 is 0.927. The van der Waals surface area contributed by atoms with Crippen LogP contribution >= 0.6 is 11.8 Å². The number of rotatable bonds is 7. The predicted octanol–water partition coefficient (Wildman–Crippen LogP) is 1.83. The van der Waals surface area contributed by atoms with Gasteiger partial charge in [0.1, 0.15) is 5.82 Å². The van der Waals surface area contributed by atoms with E-state index >= 15 is 0 Å². The first-order valence-corrected chi connectivity index (χ1v) is 8.72. The molecule has 0 aromatic heterocycles. The molecule has 0 saturated carbocycles. The number of nitro benzene ring substituents is 1. The molecule has 0 radical (unpaired) electrons. The minimum atomic E-state index is -0.792. The fraction of sp³-hybridized carbons (Fsp3) is 0.118. The highest BCUT2D eigenvalue weighted by Crippen LogP contribution is 2.21. The van der Waals surface area contributed by atoms with E-state index in [1.165, 1.54) is 30.3 Å². The van der Waals surface area contributed by atoms with Gasteiger partial charge >= 0.3 is 5.97 Å². The average Bonchev–Trinajstić information content (AvgIpc) is 2.69. The third-order valence-electron chi connectivity index (χ3n) is 3.20. The van der Waals surface area contributed by atoms with Gasteiger partial charge in [-0.2, -0.15) is 0 Å². The van der Waals surface area contributed by atoms with Crippen molar-refractivity contribution in [2.75, 3.05) is 12.4 Å². The van der Waals surface area contributed by atoms with Gasteiger partial charge in [-0.3, -0.25) is 35.3 Å². The standard InChI is InChI=1S/C17H14FN3O6S/c18-13-3-1-2-4-14(13)28-10-16(23)27-9-15(22)19-20-17(24)11-5-7-12(8-6-11)21(25)26/h1-8H,9-10H2,(H,19,22)(H,20,24). The number of thioether (sulfide) groups is 1. The molecule has 0 heterocycles. The second-order valence-corrected chi connectivity index (χ2v) is 6.20. The summed E-state index contributed by atoms with van der Waals surface area (Å²) in [4.78, 5) is 45.2. The third kappa shape index (κ3) is 6.36. The van der Waals surface area contributed by atoms with E-state index in [0.29, 0.717) is 0 Å². The van der Waals surface area contributed by atoms with Gasteiger partial charge in [0, 0.05) is 22.6 Å². The Labute approximate surface area is 162 Å². The normalized spacial score (nSPS) is 10.0. The van der Waals surface area contributed by atoms with Crippen molar-refractivity contribution in [3.8, 4) is 0 Å². The number of nitrogens with one attached hydrogen (secondary N) is 2. The van der Waals surface area contributed by atoms with Crippen LogP contribution in [0.25, 0.3) is 0 Å². The molecule has 2 aromatic carbocycles. The number of non-ortho nitro benzene ring substituents is 1. The maximum atomic E-state index is 13.4. The van der Waals surface area contributed by atoms with E-state index in [0.717, 1.165) is 23.9 Å². The second kappa shape index (κ2) is 10.0. The maximum absolute atomic E-state index is 13.4. The van der Waals surface area contributed by atoms with Crippen molar-refractivity contribution in [2.24, 2.45) is 0 Å². The summed E-state index contributed by atoms with van der Waals surface area (Å²) in [5.74, 6) is -2.88. The van der Waals surface area contributed by atoms with Crippen molar-refractivity contribution in [3.05, 3.63) is 70.0 Å². The summed E-state index contributed by atoms with van der Waals surface area (Å²) in [6, 6.07) is 10.6. The van der Waals surface area contributed by atoms with E-state index < -0.39 is 35.1 Å². The average molecular weight is 407 g/mol. The van der Waals surface area contributed by atoms with Crippen LogP contribution in [0.15, 0.2) is 53.4 Å². The highest BCUT2D eigenvalue weighted by molar-refractivity contribution is 8.00. The Morgan fingerprint density at radius 3 is 2.39 bits per heavy atom. The van der Waals surface area contributed by atoms with Gasteiger partial charge in [0.15, 0.2) is 6.61 Å². The summed E-state index contributed by atoms with van der Waals surface area (Å²) < 4.78 is 18.1. The number of hydrogen-bond acceptors (Lipinski definition) is 7. The number of nitro groups is 1. The van der Waals surface area contributed by atoms with Crippen molar-refractivity contribution >= 4 is 35.2 Å². The number of carbonyl (C=O) groups excluding carboxylic acids is 3. The molecule has 0 bridgehead atoms. The van der Waals surface area contributed by atoms with Gasteiger partial charge in [-0.15, -0.1) is 11.8 Å². The lowest BCUT2D eigenvalue weighted by Gasteiger charge is -2.08. The van der Waals surface area contributed by atoms with E-state index in [9.17, 15) is 28.9 Å². The fourth-order valence-corrected chi connectivity index (χ4v) is 2.59. The largest absolute Gasteiger partial charge is 0.455 e. The Balaban J connectivity index is 1.70. The molecule has 0 unspecified atom stereocenters. The summed E-state index contributed by atoms with van der Waals surface area (Å²) in [5.41, 5.74) is 4.03. The first kappa shape index (κ1) is 20.8. The molecule has 0 atom stereocenters. The Kier molecular flexibility index (Phi) is 7.45. The molecule has 2 rings (SSSR count). The molecule has 2 amide bonds. The smallest absolute Gasteiger partial charge is 0.316 e. The van der Waals surface area contributed by atoms with Crippen molar-refractivity contribution in [2.45, 2.75) is 4.90 Å². The molecule has 0 saturated heterocycles. The number of amides is 2. The Hall–Kier alpha value is -3.47. The number of carbonyl (C=O) groups is 3. The van der Waals surface area contributed by atoms with Crippen LogP contribution < -0.4 is 10.9 Å². The second-order valence-electron chi connectivity index (χ2n) is 5.19. The minimum absolute atomic E-state index is 0.0872. The summed E-state index contributed by atoms with van der Waals surface area (Å²) in [6.07, 6.45) is 0. The zero-order chi connectivity index (χ0) is 20.5. The Bertz CT molecular complexity index is 891. The zero-order valence-electron chi connectivity index (χ0n) is 14.2. The maximum Gasteiger partial charge on any atom is 0.316 e. The van der Waals surface area contributed by atoms with E-state index in [2.05, 4.69) is 5.43 Å². The predicted molar refractivity (Wildman–Crippen MR) is 96.8 cm³/mol.